The van der Waals surface area contributed by atoms with Crippen LogP contribution in [0, 0.1) is 11.3 Å². The molecule has 0 bridgehead atoms. The number of benzene rings is 1. The SMILES string of the molecule is CCOC(=O)C(=O)C(C#N)c1ccc(Cl)c(Cl)c1. The number of rotatable bonds is 4. The van der Waals surface area contributed by atoms with Crippen LogP contribution in [0.5, 0.6) is 0 Å². The Morgan fingerprint density at radius 1 is 1.39 bits per heavy atom. The van der Waals surface area contributed by atoms with E-state index in [-0.39, 0.29) is 11.6 Å². The van der Waals surface area contributed by atoms with Crippen molar-refractivity contribution in [3.8, 4) is 6.07 Å². The average molecular weight is 286 g/mol. The maximum Gasteiger partial charge on any atom is 0.376 e. The van der Waals surface area contributed by atoms with Crippen molar-refractivity contribution in [2.24, 2.45) is 0 Å². The highest BCUT2D eigenvalue weighted by atomic mass is 35.5. The van der Waals surface area contributed by atoms with Gasteiger partial charge in [-0.15, -0.1) is 0 Å². The molecule has 0 saturated carbocycles. The van der Waals surface area contributed by atoms with Crippen molar-refractivity contribution in [3.63, 3.8) is 0 Å². The Balaban J connectivity index is 3.03. The molecule has 1 rings (SSSR count). The summed E-state index contributed by atoms with van der Waals surface area (Å²) in [6, 6.07) is 6.07. The van der Waals surface area contributed by atoms with E-state index < -0.39 is 17.7 Å². The van der Waals surface area contributed by atoms with E-state index in [0.717, 1.165) is 0 Å². The van der Waals surface area contributed by atoms with Gasteiger partial charge in [0, 0.05) is 0 Å². The fourth-order valence-corrected chi connectivity index (χ4v) is 1.60. The molecule has 18 heavy (non-hydrogen) atoms. The first-order valence-corrected chi connectivity index (χ1v) is 5.82. The number of ketones is 1. The molecule has 1 atom stereocenters. The number of Topliss-reactive ketones (excluding diaryl/α,β-unsaturated/α-hetero) is 1. The van der Waals surface area contributed by atoms with Crippen molar-refractivity contribution in [3.05, 3.63) is 33.8 Å². The highest BCUT2D eigenvalue weighted by molar-refractivity contribution is 6.42. The van der Waals surface area contributed by atoms with Crippen LogP contribution in [-0.2, 0) is 14.3 Å². The summed E-state index contributed by atoms with van der Waals surface area (Å²) in [5.74, 6) is -3.19. The van der Waals surface area contributed by atoms with Gasteiger partial charge in [0.05, 0.1) is 22.7 Å². The number of nitriles is 1. The minimum Gasteiger partial charge on any atom is -0.460 e. The van der Waals surface area contributed by atoms with Gasteiger partial charge in [0.15, 0.2) is 0 Å². The van der Waals surface area contributed by atoms with Crippen LogP contribution >= 0.6 is 23.2 Å². The van der Waals surface area contributed by atoms with Crippen molar-refractivity contribution in [1.29, 1.82) is 5.26 Å². The molecule has 4 nitrogen and oxygen atoms in total. The average Bonchev–Trinajstić information content (AvgIpc) is 2.34. The molecule has 0 aromatic heterocycles. The van der Waals surface area contributed by atoms with Crippen molar-refractivity contribution in [2.75, 3.05) is 6.61 Å². The number of esters is 1. The summed E-state index contributed by atoms with van der Waals surface area (Å²) in [5.41, 5.74) is 0.310. The first kappa shape index (κ1) is 14.5. The number of ether oxygens (including phenoxy) is 1. The van der Waals surface area contributed by atoms with Crippen LogP contribution in [-0.4, -0.2) is 18.4 Å². The number of nitrogens with zero attached hydrogens (tertiary/aromatic N) is 1. The highest BCUT2D eigenvalue weighted by Gasteiger charge is 2.28. The zero-order chi connectivity index (χ0) is 13.7. The molecular formula is C12H9Cl2NO3. The van der Waals surface area contributed by atoms with E-state index in [0.29, 0.717) is 10.6 Å². The quantitative estimate of drug-likeness (QED) is 0.630. The lowest BCUT2D eigenvalue weighted by molar-refractivity contribution is -0.153. The van der Waals surface area contributed by atoms with Crippen molar-refractivity contribution < 1.29 is 14.3 Å². The molecule has 0 aliphatic heterocycles. The number of halogens is 2. The first-order chi connectivity index (χ1) is 8.51. The second-order valence-electron chi connectivity index (χ2n) is 3.32. The minimum atomic E-state index is -1.24. The number of hydrogen-bond donors (Lipinski definition) is 0. The lowest BCUT2D eigenvalue weighted by atomic mass is 9.96. The largest absolute Gasteiger partial charge is 0.460 e. The van der Waals surface area contributed by atoms with Gasteiger partial charge in [-0.1, -0.05) is 29.3 Å². The third kappa shape index (κ3) is 3.22. The molecule has 0 radical (unpaired) electrons. The summed E-state index contributed by atoms with van der Waals surface area (Å²) in [6.07, 6.45) is 0. The van der Waals surface area contributed by atoms with E-state index in [4.69, 9.17) is 28.5 Å². The number of carbonyl (C=O) groups excluding carboxylic acids is 2. The number of hydrogen-bond acceptors (Lipinski definition) is 4. The Labute approximate surface area is 114 Å². The molecule has 0 fully saturated rings. The molecule has 6 heteroatoms. The van der Waals surface area contributed by atoms with Gasteiger partial charge in [-0.3, -0.25) is 4.79 Å². The zero-order valence-corrected chi connectivity index (χ0v) is 11.0. The standard InChI is InChI=1S/C12H9Cl2NO3/c1-2-18-12(17)11(16)8(6-15)7-3-4-9(13)10(14)5-7/h3-5,8H,2H2,1H3. The van der Waals surface area contributed by atoms with Gasteiger partial charge < -0.3 is 4.74 Å². The zero-order valence-electron chi connectivity index (χ0n) is 9.44. The fraction of sp³-hybridized carbons (Fsp3) is 0.250. The molecule has 0 aliphatic rings. The molecule has 94 valence electrons. The van der Waals surface area contributed by atoms with Crippen molar-refractivity contribution in [1.82, 2.24) is 0 Å². The van der Waals surface area contributed by atoms with Crippen LogP contribution in [0.1, 0.15) is 18.4 Å². The van der Waals surface area contributed by atoms with Crippen LogP contribution < -0.4 is 0 Å². The van der Waals surface area contributed by atoms with E-state index in [9.17, 15) is 9.59 Å². The molecule has 0 heterocycles. The van der Waals surface area contributed by atoms with Gasteiger partial charge in [-0.05, 0) is 24.6 Å². The van der Waals surface area contributed by atoms with E-state index in [2.05, 4.69) is 4.74 Å². The summed E-state index contributed by atoms with van der Waals surface area (Å²) >= 11 is 11.5. The lowest BCUT2D eigenvalue weighted by Gasteiger charge is -2.08. The van der Waals surface area contributed by atoms with Gasteiger partial charge in [-0.2, -0.15) is 5.26 Å². The van der Waals surface area contributed by atoms with Crippen LogP contribution in [0.4, 0.5) is 0 Å². The first-order valence-electron chi connectivity index (χ1n) is 5.06. The topological polar surface area (TPSA) is 67.2 Å². The van der Waals surface area contributed by atoms with Gasteiger partial charge in [0.2, 0.25) is 0 Å². The Bertz CT molecular complexity index is 523. The summed E-state index contributed by atoms with van der Waals surface area (Å²) in [7, 11) is 0. The molecule has 0 spiro atoms. The van der Waals surface area contributed by atoms with E-state index in [1.807, 2.05) is 0 Å². The van der Waals surface area contributed by atoms with Crippen LogP contribution in [0.15, 0.2) is 18.2 Å². The smallest absolute Gasteiger partial charge is 0.376 e. The molecule has 0 amide bonds. The molecule has 0 aliphatic carbocycles. The van der Waals surface area contributed by atoms with Crippen LogP contribution in [0.25, 0.3) is 0 Å². The summed E-state index contributed by atoms with van der Waals surface area (Å²) in [5, 5.41) is 9.49. The summed E-state index contributed by atoms with van der Waals surface area (Å²) < 4.78 is 4.56. The lowest BCUT2D eigenvalue weighted by Crippen LogP contribution is -2.23. The normalized spacial score (nSPS) is 11.4. The maximum absolute atomic E-state index is 11.7. The van der Waals surface area contributed by atoms with E-state index >= 15 is 0 Å². The van der Waals surface area contributed by atoms with Crippen molar-refractivity contribution >= 4 is 35.0 Å². The van der Waals surface area contributed by atoms with Gasteiger partial charge in [0.25, 0.3) is 5.78 Å². The third-order valence-electron chi connectivity index (χ3n) is 2.14. The highest BCUT2D eigenvalue weighted by Crippen LogP contribution is 2.27. The molecule has 1 aromatic carbocycles. The maximum atomic E-state index is 11.7. The predicted molar refractivity (Wildman–Crippen MR) is 66.5 cm³/mol. The van der Waals surface area contributed by atoms with Gasteiger partial charge >= 0.3 is 5.97 Å². The Kier molecular flexibility index (Phi) is 5.14. The van der Waals surface area contributed by atoms with Crippen LogP contribution in [0.2, 0.25) is 10.0 Å². The van der Waals surface area contributed by atoms with Crippen LogP contribution in [0.3, 0.4) is 0 Å². The number of carbonyl (C=O) groups is 2. The summed E-state index contributed by atoms with van der Waals surface area (Å²) in [6.45, 7) is 1.65. The van der Waals surface area contributed by atoms with Crippen molar-refractivity contribution in [2.45, 2.75) is 12.8 Å². The third-order valence-corrected chi connectivity index (χ3v) is 2.88. The second kappa shape index (κ2) is 6.39. The van der Waals surface area contributed by atoms with Gasteiger partial charge in [0.1, 0.15) is 5.92 Å². The Morgan fingerprint density at radius 3 is 2.56 bits per heavy atom. The molecule has 0 N–H and O–H groups in total. The fourth-order valence-electron chi connectivity index (χ4n) is 1.30. The van der Waals surface area contributed by atoms with Gasteiger partial charge in [-0.25, -0.2) is 4.79 Å². The predicted octanol–water partition coefficient (Wildman–Crippen LogP) is 2.73. The Hall–Kier alpha value is -1.57. The minimum absolute atomic E-state index is 0.0735. The Morgan fingerprint density at radius 2 is 2.06 bits per heavy atom. The summed E-state index contributed by atoms with van der Waals surface area (Å²) in [4.78, 5) is 23.0. The molecule has 1 unspecified atom stereocenters. The molecule has 0 saturated heterocycles. The molecular weight excluding hydrogens is 277 g/mol. The molecule has 1 aromatic rings. The monoisotopic (exact) mass is 285 g/mol. The van der Waals surface area contributed by atoms with E-state index in [1.54, 1.807) is 13.0 Å². The van der Waals surface area contributed by atoms with E-state index in [1.165, 1.54) is 18.2 Å². The second-order valence-corrected chi connectivity index (χ2v) is 4.13.